The number of hydrogen-bond donors (Lipinski definition) is 0. The topological polar surface area (TPSA) is 93.6 Å². The minimum atomic E-state index is -0.437. The summed E-state index contributed by atoms with van der Waals surface area (Å²) in [6.07, 6.45) is 1.79. The maximum absolute atomic E-state index is 13.2. The van der Waals surface area contributed by atoms with E-state index in [1.807, 2.05) is 39.0 Å². The van der Waals surface area contributed by atoms with Crippen molar-refractivity contribution in [3.8, 4) is 5.69 Å². The van der Waals surface area contributed by atoms with Gasteiger partial charge in [0, 0.05) is 27.9 Å². The lowest BCUT2D eigenvalue weighted by Crippen LogP contribution is -2.22. The van der Waals surface area contributed by atoms with Crippen LogP contribution in [-0.2, 0) is 4.79 Å². The van der Waals surface area contributed by atoms with Crippen molar-refractivity contribution in [3.05, 3.63) is 85.1 Å². The van der Waals surface area contributed by atoms with Crippen LogP contribution in [0.5, 0.6) is 0 Å². The number of aryl methyl sites for hydroxylation is 2. The van der Waals surface area contributed by atoms with Crippen molar-refractivity contribution in [1.82, 2.24) is 9.78 Å². The van der Waals surface area contributed by atoms with Crippen LogP contribution < -0.4 is 5.01 Å². The van der Waals surface area contributed by atoms with Gasteiger partial charge in [0.2, 0.25) is 0 Å². The highest BCUT2D eigenvalue weighted by Crippen LogP contribution is 2.31. The average molecular weight is 494 g/mol. The minimum Gasteiger partial charge on any atom is -0.267 e. The quantitative estimate of drug-likeness (QED) is 0.281. The average Bonchev–Trinajstić information content (AvgIpc) is 3.18. The van der Waals surface area contributed by atoms with E-state index in [0.717, 1.165) is 27.0 Å². The molecular weight excluding hydrogens is 474 g/mol. The first-order valence-corrected chi connectivity index (χ1v) is 10.7. The Hall–Kier alpha value is -3.59. The summed E-state index contributed by atoms with van der Waals surface area (Å²) < 4.78 is 2.58. The number of nitro benzene ring substituents is 1. The third-order valence-corrected chi connectivity index (χ3v) is 5.86. The number of hydrazone groups is 1. The Bertz CT molecular complexity index is 1340. The molecule has 0 unspecified atom stereocenters. The van der Waals surface area contributed by atoms with Crippen LogP contribution in [0.25, 0.3) is 11.8 Å². The molecule has 0 bridgehead atoms. The molecule has 3 aromatic rings. The van der Waals surface area contributed by atoms with Crippen molar-refractivity contribution in [2.24, 2.45) is 5.10 Å². The Morgan fingerprint density at radius 1 is 1.09 bits per heavy atom. The highest BCUT2D eigenvalue weighted by molar-refractivity contribution is 9.10. The fourth-order valence-electron chi connectivity index (χ4n) is 3.70. The molecule has 162 valence electrons. The van der Waals surface area contributed by atoms with Crippen LogP contribution in [0.2, 0.25) is 0 Å². The number of hydrogen-bond acceptors (Lipinski definition) is 5. The number of carbonyl (C=O) groups excluding carboxylic acids is 1. The summed E-state index contributed by atoms with van der Waals surface area (Å²) in [5.41, 5.74) is 5.58. The fourth-order valence-corrected chi connectivity index (χ4v) is 4.18. The number of aromatic nitrogens is 2. The predicted molar refractivity (Wildman–Crippen MR) is 127 cm³/mol. The number of carbonyl (C=O) groups is 1. The standard InChI is InChI=1S/C23H20BrN5O3/c1-13-10-17(24)8-9-22(13)28-23(30)21(15(3)26-28)12-20-14(2)25-27(16(20)4)18-6-5-7-19(11-18)29(31)32/h5-12H,1-4H3/b21-12+. The molecule has 0 fully saturated rings. The molecule has 1 aromatic heterocycles. The van der Waals surface area contributed by atoms with E-state index in [1.165, 1.54) is 17.1 Å². The van der Waals surface area contributed by atoms with Crippen LogP contribution in [0.1, 0.15) is 29.4 Å². The number of anilines is 1. The number of benzene rings is 2. The summed E-state index contributed by atoms with van der Waals surface area (Å²) >= 11 is 3.44. The van der Waals surface area contributed by atoms with Gasteiger partial charge in [0.25, 0.3) is 11.6 Å². The zero-order valence-electron chi connectivity index (χ0n) is 18.0. The van der Waals surface area contributed by atoms with E-state index in [-0.39, 0.29) is 11.6 Å². The van der Waals surface area contributed by atoms with Crippen LogP contribution in [0.15, 0.2) is 57.6 Å². The number of amides is 1. The molecule has 0 aliphatic carbocycles. The van der Waals surface area contributed by atoms with Crippen molar-refractivity contribution >= 4 is 45.0 Å². The number of rotatable bonds is 4. The molecule has 8 nitrogen and oxygen atoms in total. The first-order valence-electron chi connectivity index (χ1n) is 9.86. The maximum Gasteiger partial charge on any atom is 0.280 e. The van der Waals surface area contributed by atoms with Gasteiger partial charge < -0.3 is 0 Å². The highest BCUT2D eigenvalue weighted by atomic mass is 79.9. The summed E-state index contributed by atoms with van der Waals surface area (Å²) in [5, 5.41) is 21.6. The smallest absolute Gasteiger partial charge is 0.267 e. The van der Waals surface area contributed by atoms with Gasteiger partial charge in [0.15, 0.2) is 0 Å². The largest absolute Gasteiger partial charge is 0.280 e. The Morgan fingerprint density at radius 2 is 1.84 bits per heavy atom. The third kappa shape index (κ3) is 3.75. The van der Waals surface area contributed by atoms with Gasteiger partial charge >= 0.3 is 0 Å². The third-order valence-electron chi connectivity index (χ3n) is 5.37. The second-order valence-electron chi connectivity index (χ2n) is 7.56. The molecule has 2 heterocycles. The first-order chi connectivity index (χ1) is 15.2. The normalized spacial score (nSPS) is 14.9. The summed E-state index contributed by atoms with van der Waals surface area (Å²) in [7, 11) is 0. The molecule has 0 saturated heterocycles. The molecular formula is C23H20BrN5O3. The van der Waals surface area contributed by atoms with Gasteiger partial charge in [-0.25, -0.2) is 4.68 Å². The summed E-state index contributed by atoms with van der Waals surface area (Å²) in [4.78, 5) is 23.9. The van der Waals surface area contributed by atoms with Crippen LogP contribution in [0.4, 0.5) is 11.4 Å². The molecule has 0 radical (unpaired) electrons. The second-order valence-corrected chi connectivity index (χ2v) is 8.48. The van der Waals surface area contributed by atoms with Crippen LogP contribution in [-0.4, -0.2) is 26.3 Å². The maximum atomic E-state index is 13.2. The SMILES string of the molecule is CC1=NN(c2ccc(Br)cc2C)C(=O)/C1=C/c1c(C)nn(-c2cccc([N+](=O)[O-])c2)c1C. The van der Waals surface area contributed by atoms with Gasteiger partial charge in [0.1, 0.15) is 0 Å². The molecule has 0 spiro atoms. The summed E-state index contributed by atoms with van der Waals surface area (Å²) in [6.45, 7) is 7.44. The van der Waals surface area contributed by atoms with Crippen molar-refractivity contribution in [2.45, 2.75) is 27.7 Å². The van der Waals surface area contributed by atoms with E-state index < -0.39 is 4.92 Å². The number of non-ortho nitro benzene ring substituents is 1. The monoisotopic (exact) mass is 493 g/mol. The lowest BCUT2D eigenvalue weighted by atomic mass is 10.1. The fraction of sp³-hybridized carbons (Fsp3) is 0.174. The number of halogens is 1. The zero-order valence-corrected chi connectivity index (χ0v) is 19.5. The van der Waals surface area contributed by atoms with Gasteiger partial charge in [-0.15, -0.1) is 0 Å². The highest BCUT2D eigenvalue weighted by Gasteiger charge is 2.30. The molecule has 9 heteroatoms. The van der Waals surface area contributed by atoms with Gasteiger partial charge in [-0.3, -0.25) is 14.9 Å². The Kier molecular flexibility index (Phi) is 5.52. The van der Waals surface area contributed by atoms with Crippen LogP contribution in [0.3, 0.4) is 0 Å². The predicted octanol–water partition coefficient (Wildman–Crippen LogP) is 5.27. The van der Waals surface area contributed by atoms with Gasteiger partial charge in [-0.2, -0.15) is 15.2 Å². The van der Waals surface area contributed by atoms with E-state index in [2.05, 4.69) is 26.1 Å². The van der Waals surface area contributed by atoms with E-state index in [1.54, 1.807) is 29.8 Å². The molecule has 1 amide bonds. The molecule has 0 atom stereocenters. The summed E-state index contributed by atoms with van der Waals surface area (Å²) in [6, 6.07) is 12.0. The van der Waals surface area contributed by atoms with Gasteiger partial charge in [-0.1, -0.05) is 22.0 Å². The van der Waals surface area contributed by atoms with E-state index in [4.69, 9.17) is 0 Å². The Morgan fingerprint density at radius 3 is 2.53 bits per heavy atom. The molecule has 32 heavy (non-hydrogen) atoms. The molecule has 1 aliphatic rings. The molecule has 2 aromatic carbocycles. The van der Waals surface area contributed by atoms with Crippen molar-refractivity contribution < 1.29 is 9.72 Å². The minimum absolute atomic E-state index is 0.00980. The molecule has 0 N–H and O–H groups in total. The number of nitro groups is 1. The van der Waals surface area contributed by atoms with Crippen LogP contribution in [0, 0.1) is 30.9 Å². The second kappa shape index (κ2) is 8.16. The summed E-state index contributed by atoms with van der Waals surface area (Å²) in [5.74, 6) is -0.213. The lowest BCUT2D eigenvalue weighted by molar-refractivity contribution is -0.384. The lowest BCUT2D eigenvalue weighted by Gasteiger charge is -2.14. The Balaban J connectivity index is 1.73. The van der Waals surface area contributed by atoms with Crippen molar-refractivity contribution in [3.63, 3.8) is 0 Å². The molecule has 4 rings (SSSR count). The first kappa shape index (κ1) is 21.6. The van der Waals surface area contributed by atoms with E-state index in [0.29, 0.717) is 22.7 Å². The van der Waals surface area contributed by atoms with Gasteiger partial charge in [-0.05, 0) is 63.6 Å². The zero-order chi connectivity index (χ0) is 23.2. The van der Waals surface area contributed by atoms with Crippen molar-refractivity contribution in [2.75, 3.05) is 5.01 Å². The van der Waals surface area contributed by atoms with Crippen LogP contribution >= 0.6 is 15.9 Å². The van der Waals surface area contributed by atoms with E-state index >= 15 is 0 Å². The molecule has 0 saturated carbocycles. The molecule has 1 aliphatic heterocycles. The van der Waals surface area contributed by atoms with Gasteiger partial charge in [0.05, 0.1) is 33.3 Å². The van der Waals surface area contributed by atoms with E-state index in [9.17, 15) is 14.9 Å². The number of nitrogens with zero attached hydrogens (tertiary/aromatic N) is 5. The Labute approximate surface area is 193 Å². The van der Waals surface area contributed by atoms with Crippen molar-refractivity contribution in [1.29, 1.82) is 0 Å².